The lowest BCUT2D eigenvalue weighted by Gasteiger charge is -2.16. The molecule has 1 saturated carbocycles. The maximum absolute atomic E-state index is 6.11. The van der Waals surface area contributed by atoms with E-state index in [0.717, 1.165) is 55.7 Å². The highest BCUT2D eigenvalue weighted by molar-refractivity contribution is 9.10. The molecule has 5 heteroatoms. The average Bonchev–Trinajstić information content (AvgIpc) is 2.91. The van der Waals surface area contributed by atoms with Crippen LogP contribution in [0.15, 0.2) is 4.60 Å². The van der Waals surface area contributed by atoms with E-state index in [4.69, 9.17) is 10.5 Å². The first-order chi connectivity index (χ1) is 7.68. The third kappa shape index (κ3) is 1.86. The molecule has 2 aliphatic rings. The van der Waals surface area contributed by atoms with Crippen LogP contribution < -0.4 is 10.5 Å². The summed E-state index contributed by atoms with van der Waals surface area (Å²) in [6.45, 7) is 1.76. The van der Waals surface area contributed by atoms with Crippen molar-refractivity contribution in [2.24, 2.45) is 5.73 Å². The van der Waals surface area contributed by atoms with Gasteiger partial charge >= 0.3 is 0 Å². The molecule has 1 aromatic rings. The molecule has 0 saturated heterocycles. The summed E-state index contributed by atoms with van der Waals surface area (Å²) in [4.78, 5) is 0. The Bertz CT molecular complexity index is 412. The van der Waals surface area contributed by atoms with Crippen molar-refractivity contribution < 1.29 is 4.74 Å². The van der Waals surface area contributed by atoms with Gasteiger partial charge in [0.2, 0.25) is 5.88 Å². The van der Waals surface area contributed by atoms with Crippen molar-refractivity contribution in [1.82, 2.24) is 9.78 Å². The first-order valence-electron chi connectivity index (χ1n) is 5.85. The van der Waals surface area contributed by atoms with Crippen molar-refractivity contribution in [3.05, 3.63) is 10.2 Å². The molecule has 1 fully saturated rings. The van der Waals surface area contributed by atoms with Gasteiger partial charge in [0.1, 0.15) is 4.60 Å². The van der Waals surface area contributed by atoms with E-state index in [1.807, 2.05) is 4.68 Å². The lowest BCUT2D eigenvalue weighted by Crippen LogP contribution is -2.22. The number of aryl methyl sites for hydroxylation is 1. The van der Waals surface area contributed by atoms with Crippen LogP contribution in [0.4, 0.5) is 0 Å². The van der Waals surface area contributed by atoms with E-state index in [0.29, 0.717) is 0 Å². The average molecular weight is 286 g/mol. The second-order valence-corrected chi connectivity index (χ2v) is 5.61. The Hall–Kier alpha value is -0.550. The number of hydrogen-bond donors (Lipinski definition) is 1. The Morgan fingerprint density at radius 2 is 2.31 bits per heavy atom. The second-order valence-electron chi connectivity index (χ2n) is 4.86. The smallest absolute Gasteiger partial charge is 0.216 e. The fourth-order valence-corrected chi connectivity index (χ4v) is 2.71. The van der Waals surface area contributed by atoms with Crippen molar-refractivity contribution in [2.45, 2.75) is 44.2 Å². The van der Waals surface area contributed by atoms with Crippen molar-refractivity contribution in [3.63, 3.8) is 0 Å². The number of ether oxygens (including phenoxy) is 1. The van der Waals surface area contributed by atoms with Crippen molar-refractivity contribution in [3.8, 4) is 5.88 Å². The summed E-state index contributed by atoms with van der Waals surface area (Å²) in [7, 11) is 0. The largest absolute Gasteiger partial charge is 0.478 e. The van der Waals surface area contributed by atoms with E-state index in [9.17, 15) is 0 Å². The third-order valence-electron chi connectivity index (χ3n) is 3.47. The predicted molar refractivity (Wildman–Crippen MR) is 64.5 cm³/mol. The Labute approximate surface area is 103 Å². The van der Waals surface area contributed by atoms with Crippen LogP contribution in [0, 0.1) is 0 Å². The lowest BCUT2D eigenvalue weighted by atomic mass is 10.1. The molecule has 0 unspecified atom stereocenters. The molecule has 16 heavy (non-hydrogen) atoms. The fourth-order valence-electron chi connectivity index (χ4n) is 2.15. The van der Waals surface area contributed by atoms with Gasteiger partial charge < -0.3 is 10.5 Å². The van der Waals surface area contributed by atoms with Crippen LogP contribution in [-0.4, -0.2) is 21.9 Å². The Morgan fingerprint density at radius 1 is 1.50 bits per heavy atom. The van der Waals surface area contributed by atoms with Crippen molar-refractivity contribution >= 4 is 15.9 Å². The molecule has 0 spiro atoms. The van der Waals surface area contributed by atoms with Gasteiger partial charge in [-0.15, -0.1) is 0 Å². The maximum atomic E-state index is 6.11. The summed E-state index contributed by atoms with van der Waals surface area (Å²) in [5.41, 5.74) is 7.40. The molecular formula is C11H16BrN3O. The first kappa shape index (κ1) is 10.6. The quantitative estimate of drug-likeness (QED) is 0.922. The van der Waals surface area contributed by atoms with E-state index in [2.05, 4.69) is 21.0 Å². The van der Waals surface area contributed by atoms with Crippen LogP contribution in [0.2, 0.25) is 0 Å². The van der Waals surface area contributed by atoms with Gasteiger partial charge in [-0.2, -0.15) is 5.10 Å². The van der Waals surface area contributed by atoms with Crippen LogP contribution in [0.3, 0.4) is 0 Å². The van der Waals surface area contributed by atoms with Gasteiger partial charge in [-0.25, -0.2) is 4.68 Å². The predicted octanol–water partition coefficient (Wildman–Crippen LogP) is 1.85. The van der Waals surface area contributed by atoms with Gasteiger partial charge in [0.15, 0.2) is 0 Å². The molecular weight excluding hydrogens is 270 g/mol. The van der Waals surface area contributed by atoms with Gasteiger partial charge in [0.05, 0.1) is 6.61 Å². The van der Waals surface area contributed by atoms with Gasteiger partial charge in [-0.05, 0) is 41.6 Å². The molecule has 0 aromatic carbocycles. The number of fused-ring (bicyclic) bond motifs is 1. The van der Waals surface area contributed by atoms with Gasteiger partial charge in [0.25, 0.3) is 0 Å². The molecule has 1 aromatic heterocycles. The minimum absolute atomic E-state index is 0.100. The molecule has 0 atom stereocenters. The van der Waals surface area contributed by atoms with E-state index in [1.165, 1.54) is 5.56 Å². The highest BCUT2D eigenvalue weighted by Gasteiger charge is 2.38. The molecule has 2 heterocycles. The van der Waals surface area contributed by atoms with Gasteiger partial charge in [0, 0.05) is 24.1 Å². The SMILES string of the molecule is NC1(CCc2c(Br)nn3c2OCCC3)CC1. The fraction of sp³-hybridized carbons (Fsp3) is 0.727. The van der Waals surface area contributed by atoms with Crippen molar-refractivity contribution in [1.29, 1.82) is 0 Å². The monoisotopic (exact) mass is 285 g/mol. The number of hydrogen-bond acceptors (Lipinski definition) is 3. The molecule has 0 amide bonds. The molecule has 88 valence electrons. The van der Waals surface area contributed by atoms with E-state index >= 15 is 0 Å². The summed E-state index contributed by atoms with van der Waals surface area (Å²) >= 11 is 3.51. The second kappa shape index (κ2) is 3.74. The number of nitrogens with two attached hydrogens (primary N) is 1. The highest BCUT2D eigenvalue weighted by Crippen LogP contribution is 2.39. The van der Waals surface area contributed by atoms with E-state index < -0.39 is 0 Å². The molecule has 1 aliphatic carbocycles. The van der Waals surface area contributed by atoms with E-state index in [1.54, 1.807) is 0 Å². The number of nitrogens with zero attached hydrogens (tertiary/aromatic N) is 2. The Morgan fingerprint density at radius 3 is 3.06 bits per heavy atom. The van der Waals surface area contributed by atoms with Gasteiger partial charge in [-0.1, -0.05) is 0 Å². The normalized spacial score (nSPS) is 21.4. The van der Waals surface area contributed by atoms with Crippen LogP contribution in [0.25, 0.3) is 0 Å². The zero-order valence-corrected chi connectivity index (χ0v) is 10.8. The Balaban J connectivity index is 1.79. The topological polar surface area (TPSA) is 53.1 Å². The van der Waals surface area contributed by atoms with Crippen LogP contribution >= 0.6 is 15.9 Å². The summed E-state index contributed by atoms with van der Waals surface area (Å²) in [6.07, 6.45) is 5.37. The molecule has 4 nitrogen and oxygen atoms in total. The van der Waals surface area contributed by atoms with Crippen molar-refractivity contribution in [2.75, 3.05) is 6.61 Å². The van der Waals surface area contributed by atoms with E-state index in [-0.39, 0.29) is 5.54 Å². The first-order valence-corrected chi connectivity index (χ1v) is 6.64. The summed E-state index contributed by atoms with van der Waals surface area (Å²) < 4.78 is 8.57. The minimum atomic E-state index is 0.100. The summed E-state index contributed by atoms with van der Waals surface area (Å²) in [5, 5.41) is 4.44. The molecule has 1 aliphatic heterocycles. The zero-order chi connectivity index (χ0) is 11.2. The number of aromatic nitrogens is 2. The summed E-state index contributed by atoms with van der Waals surface area (Å²) in [6, 6.07) is 0. The van der Waals surface area contributed by atoms with Gasteiger partial charge in [-0.3, -0.25) is 0 Å². The lowest BCUT2D eigenvalue weighted by molar-refractivity contribution is 0.228. The number of halogens is 1. The molecule has 0 radical (unpaired) electrons. The Kier molecular flexibility index (Phi) is 2.47. The minimum Gasteiger partial charge on any atom is -0.478 e. The highest BCUT2D eigenvalue weighted by atomic mass is 79.9. The molecule has 3 rings (SSSR count). The summed E-state index contributed by atoms with van der Waals surface area (Å²) in [5.74, 6) is 0.947. The molecule has 0 bridgehead atoms. The maximum Gasteiger partial charge on any atom is 0.216 e. The number of rotatable bonds is 3. The van der Waals surface area contributed by atoms with Crippen LogP contribution in [-0.2, 0) is 13.0 Å². The third-order valence-corrected chi connectivity index (χ3v) is 4.11. The van der Waals surface area contributed by atoms with Crippen LogP contribution in [0.5, 0.6) is 5.88 Å². The standard InChI is InChI=1S/C11H16BrN3O/c12-9-8(2-3-11(13)4-5-11)10-15(14-9)6-1-7-16-10/h1-7,13H2. The molecule has 2 N–H and O–H groups in total. The van der Waals surface area contributed by atoms with Crippen LogP contribution in [0.1, 0.15) is 31.2 Å². The zero-order valence-electron chi connectivity index (χ0n) is 9.21.